The van der Waals surface area contributed by atoms with Gasteiger partial charge in [0.1, 0.15) is 4.90 Å². The molecule has 0 aliphatic carbocycles. The molecule has 4 heterocycles. The predicted molar refractivity (Wildman–Crippen MR) is 91.3 cm³/mol. The van der Waals surface area contributed by atoms with Crippen molar-refractivity contribution in [2.24, 2.45) is 5.41 Å². The van der Waals surface area contributed by atoms with Crippen molar-refractivity contribution in [1.29, 1.82) is 0 Å². The lowest BCUT2D eigenvalue weighted by molar-refractivity contribution is -0.127. The fourth-order valence-corrected chi connectivity index (χ4v) is 5.84. The molecule has 1 atom stereocenters. The van der Waals surface area contributed by atoms with Crippen molar-refractivity contribution in [3.63, 3.8) is 0 Å². The van der Waals surface area contributed by atoms with E-state index < -0.39 is 10.0 Å². The van der Waals surface area contributed by atoms with Gasteiger partial charge in [-0.05, 0) is 31.6 Å². The van der Waals surface area contributed by atoms with Crippen LogP contribution in [0.25, 0.3) is 0 Å². The number of hydrogen-bond donors (Lipinski definition) is 1. The molecule has 9 heteroatoms. The summed E-state index contributed by atoms with van der Waals surface area (Å²) in [6.07, 6.45) is 5.51. The zero-order valence-electron chi connectivity index (χ0n) is 14.5. The molecule has 1 amide bonds. The smallest absolute Gasteiger partial charge is 0.246 e. The number of piperidine rings is 1. The van der Waals surface area contributed by atoms with E-state index in [2.05, 4.69) is 15.3 Å². The van der Waals surface area contributed by atoms with Gasteiger partial charge in [-0.3, -0.25) is 14.4 Å². The van der Waals surface area contributed by atoms with E-state index in [4.69, 9.17) is 0 Å². The Hall–Kier alpha value is -1.45. The van der Waals surface area contributed by atoms with Crippen LogP contribution in [0.15, 0.2) is 17.3 Å². The van der Waals surface area contributed by atoms with Gasteiger partial charge in [0.05, 0.1) is 12.2 Å². The molecule has 1 N–H and O–H groups in total. The Kier molecular flexibility index (Phi) is 4.12. The van der Waals surface area contributed by atoms with E-state index in [9.17, 15) is 13.2 Å². The van der Waals surface area contributed by atoms with Crippen molar-refractivity contribution >= 4 is 15.9 Å². The summed E-state index contributed by atoms with van der Waals surface area (Å²) in [5, 5.41) is 7.03. The second-order valence-corrected chi connectivity index (χ2v) is 9.36. The van der Waals surface area contributed by atoms with Gasteiger partial charge in [-0.1, -0.05) is 0 Å². The monoisotopic (exact) mass is 367 g/mol. The maximum absolute atomic E-state index is 12.8. The quantitative estimate of drug-likeness (QED) is 0.805. The van der Waals surface area contributed by atoms with Crippen LogP contribution in [0.2, 0.25) is 0 Å². The average Bonchev–Trinajstić information content (AvgIpc) is 3.21. The molecule has 3 aliphatic rings. The number of carbonyl (C=O) groups is 1. The summed E-state index contributed by atoms with van der Waals surface area (Å²) in [7, 11) is -3.48. The lowest BCUT2D eigenvalue weighted by Gasteiger charge is -2.38. The highest BCUT2D eigenvalue weighted by molar-refractivity contribution is 7.89. The van der Waals surface area contributed by atoms with Crippen molar-refractivity contribution in [1.82, 2.24) is 24.3 Å². The highest BCUT2D eigenvalue weighted by atomic mass is 32.2. The molecule has 0 aromatic carbocycles. The molecule has 1 aromatic heterocycles. The van der Waals surface area contributed by atoms with Crippen molar-refractivity contribution in [2.75, 3.05) is 32.7 Å². The maximum Gasteiger partial charge on any atom is 0.246 e. The first-order valence-electron chi connectivity index (χ1n) is 8.98. The van der Waals surface area contributed by atoms with Gasteiger partial charge in [0.25, 0.3) is 0 Å². The molecule has 138 valence electrons. The molecule has 3 aliphatic heterocycles. The number of nitrogens with zero attached hydrogens (tertiary/aromatic N) is 4. The Morgan fingerprint density at radius 2 is 2.08 bits per heavy atom. The number of nitrogens with one attached hydrogen (secondary N) is 1. The molecule has 1 aromatic rings. The van der Waals surface area contributed by atoms with Gasteiger partial charge in [0.15, 0.2) is 0 Å². The molecule has 1 spiro atoms. The van der Waals surface area contributed by atoms with Crippen LogP contribution < -0.4 is 5.32 Å². The predicted octanol–water partition coefficient (Wildman–Crippen LogP) is -0.122. The molecule has 0 bridgehead atoms. The number of carbonyl (C=O) groups excluding carboxylic acids is 1. The first kappa shape index (κ1) is 17.0. The SMILES string of the molecule is CCn1cc(S(=O)(=O)N2CCC3(CC2)CC2C(=O)NCCN2C3)cn1. The second-order valence-electron chi connectivity index (χ2n) is 7.42. The number of fused-ring (bicyclic) bond motifs is 1. The molecule has 3 saturated heterocycles. The minimum Gasteiger partial charge on any atom is -0.353 e. The zero-order valence-corrected chi connectivity index (χ0v) is 15.3. The minimum absolute atomic E-state index is 0.0281. The van der Waals surface area contributed by atoms with Gasteiger partial charge >= 0.3 is 0 Å². The molecular formula is C16H25N5O3S. The summed E-state index contributed by atoms with van der Waals surface area (Å²) < 4.78 is 28.8. The van der Waals surface area contributed by atoms with E-state index >= 15 is 0 Å². The third kappa shape index (κ3) is 2.88. The second kappa shape index (κ2) is 6.07. The number of aromatic nitrogens is 2. The van der Waals surface area contributed by atoms with Gasteiger partial charge in [-0.15, -0.1) is 0 Å². The fourth-order valence-electron chi connectivity index (χ4n) is 4.44. The van der Waals surface area contributed by atoms with Gasteiger partial charge in [-0.2, -0.15) is 9.40 Å². The number of sulfonamides is 1. The van der Waals surface area contributed by atoms with Gasteiger partial charge in [0.2, 0.25) is 15.9 Å². The normalized spacial score (nSPS) is 27.4. The van der Waals surface area contributed by atoms with Crippen molar-refractivity contribution in [3.05, 3.63) is 12.4 Å². The van der Waals surface area contributed by atoms with Crippen LogP contribution in [0.5, 0.6) is 0 Å². The average molecular weight is 367 g/mol. The Bertz CT molecular complexity index is 766. The maximum atomic E-state index is 12.8. The summed E-state index contributed by atoms with van der Waals surface area (Å²) in [6.45, 7) is 6.14. The number of hydrogen-bond acceptors (Lipinski definition) is 5. The van der Waals surface area contributed by atoms with Crippen LogP contribution in [0.3, 0.4) is 0 Å². The van der Waals surface area contributed by atoms with Crippen molar-refractivity contribution in [3.8, 4) is 0 Å². The minimum atomic E-state index is -3.48. The molecule has 0 radical (unpaired) electrons. The number of amides is 1. The highest BCUT2D eigenvalue weighted by Gasteiger charge is 2.49. The summed E-state index contributed by atoms with van der Waals surface area (Å²) >= 11 is 0. The number of rotatable bonds is 3. The molecule has 0 saturated carbocycles. The van der Waals surface area contributed by atoms with Crippen LogP contribution in [0.1, 0.15) is 26.2 Å². The van der Waals surface area contributed by atoms with Crippen LogP contribution in [0, 0.1) is 5.41 Å². The molecular weight excluding hydrogens is 342 g/mol. The van der Waals surface area contributed by atoms with E-state index in [-0.39, 0.29) is 22.3 Å². The van der Waals surface area contributed by atoms with Crippen molar-refractivity contribution in [2.45, 2.75) is 43.7 Å². The lowest BCUT2D eigenvalue weighted by Crippen LogP contribution is -2.52. The first-order chi connectivity index (χ1) is 11.9. The van der Waals surface area contributed by atoms with Crippen LogP contribution in [0.4, 0.5) is 0 Å². The molecule has 8 nitrogen and oxygen atoms in total. The van der Waals surface area contributed by atoms with E-state index in [0.717, 1.165) is 32.4 Å². The van der Waals surface area contributed by atoms with Gasteiger partial charge < -0.3 is 5.32 Å². The molecule has 25 heavy (non-hydrogen) atoms. The van der Waals surface area contributed by atoms with Crippen molar-refractivity contribution < 1.29 is 13.2 Å². The summed E-state index contributed by atoms with van der Waals surface area (Å²) in [6, 6.07) is -0.0281. The Labute approximate surface area is 148 Å². The summed E-state index contributed by atoms with van der Waals surface area (Å²) in [5.74, 6) is 0.130. The van der Waals surface area contributed by atoms with Crippen LogP contribution >= 0.6 is 0 Å². The largest absolute Gasteiger partial charge is 0.353 e. The zero-order chi connectivity index (χ0) is 17.7. The molecule has 3 fully saturated rings. The number of aryl methyl sites for hydroxylation is 1. The third-order valence-corrected chi connectivity index (χ3v) is 7.81. The van der Waals surface area contributed by atoms with Crippen LogP contribution in [-0.2, 0) is 21.4 Å². The van der Waals surface area contributed by atoms with Gasteiger partial charge in [0, 0.05) is 45.5 Å². The van der Waals surface area contributed by atoms with Gasteiger partial charge in [-0.25, -0.2) is 8.42 Å². The van der Waals surface area contributed by atoms with Crippen LogP contribution in [-0.4, -0.2) is 72.1 Å². The Balaban J connectivity index is 1.45. The standard InChI is InChI=1S/C16H25N5O3S/c1-2-20-11-13(10-18-20)25(23,24)21-6-3-16(4-7-21)9-14-15(22)17-5-8-19(14)12-16/h10-11,14H,2-9,12H2,1H3,(H,17,22). The van der Waals surface area contributed by atoms with E-state index in [1.54, 1.807) is 15.2 Å². The highest BCUT2D eigenvalue weighted by Crippen LogP contribution is 2.44. The number of piperazine rings is 1. The Morgan fingerprint density at radius 3 is 2.72 bits per heavy atom. The fraction of sp³-hybridized carbons (Fsp3) is 0.750. The van der Waals surface area contributed by atoms with E-state index in [1.165, 1.54) is 6.20 Å². The Morgan fingerprint density at radius 1 is 1.32 bits per heavy atom. The first-order valence-corrected chi connectivity index (χ1v) is 10.4. The van der Waals surface area contributed by atoms with E-state index in [1.807, 2.05) is 6.92 Å². The topological polar surface area (TPSA) is 87.5 Å². The summed E-state index contributed by atoms with van der Waals surface area (Å²) in [5.41, 5.74) is 0.0754. The molecule has 1 unspecified atom stereocenters. The third-order valence-electron chi connectivity index (χ3n) is 5.96. The lowest BCUT2D eigenvalue weighted by atomic mass is 9.77. The molecule has 4 rings (SSSR count). The summed E-state index contributed by atoms with van der Waals surface area (Å²) in [4.78, 5) is 14.6. The van der Waals surface area contributed by atoms with E-state index in [0.29, 0.717) is 26.2 Å².